The van der Waals surface area contributed by atoms with Crippen LogP contribution in [-0.2, 0) is 6.54 Å². The molecule has 128 valence electrons. The Kier molecular flexibility index (Phi) is 5.04. The maximum absolute atomic E-state index is 12.6. The molecule has 0 spiro atoms. The first-order chi connectivity index (χ1) is 12.0. The number of aryl methyl sites for hydroxylation is 2. The van der Waals surface area contributed by atoms with Crippen molar-refractivity contribution in [1.29, 1.82) is 0 Å². The van der Waals surface area contributed by atoms with E-state index in [4.69, 9.17) is 0 Å². The summed E-state index contributed by atoms with van der Waals surface area (Å²) >= 11 is 3.45. The Morgan fingerprint density at radius 1 is 1.08 bits per heavy atom. The van der Waals surface area contributed by atoms with Crippen molar-refractivity contribution in [2.24, 2.45) is 0 Å². The Morgan fingerprint density at radius 2 is 1.76 bits per heavy atom. The summed E-state index contributed by atoms with van der Waals surface area (Å²) in [5.74, 6) is -0.104. The summed E-state index contributed by atoms with van der Waals surface area (Å²) in [5, 5.41) is 7.61. The largest absolute Gasteiger partial charge is 0.319 e. The van der Waals surface area contributed by atoms with Crippen molar-refractivity contribution in [2.75, 3.05) is 5.32 Å². The SMILES string of the molecule is Cc1ccccc1C(=O)Nc1c(C)nn(Cc2ccc(Br)cc2)c1C. The molecule has 0 radical (unpaired) electrons. The number of rotatable bonds is 4. The van der Waals surface area contributed by atoms with Crippen LogP contribution in [0.4, 0.5) is 5.69 Å². The number of amides is 1. The van der Waals surface area contributed by atoms with Gasteiger partial charge in [-0.1, -0.05) is 46.3 Å². The smallest absolute Gasteiger partial charge is 0.256 e. The van der Waals surface area contributed by atoms with Crippen molar-refractivity contribution in [3.8, 4) is 0 Å². The molecule has 3 aromatic rings. The zero-order valence-electron chi connectivity index (χ0n) is 14.5. The molecular formula is C20H20BrN3O. The molecule has 0 saturated carbocycles. The van der Waals surface area contributed by atoms with Gasteiger partial charge in [0.25, 0.3) is 5.91 Å². The molecule has 0 fully saturated rings. The maximum atomic E-state index is 12.6. The highest BCUT2D eigenvalue weighted by Crippen LogP contribution is 2.22. The van der Waals surface area contributed by atoms with Crippen LogP contribution in [-0.4, -0.2) is 15.7 Å². The average Bonchev–Trinajstić information content (AvgIpc) is 2.85. The fourth-order valence-electron chi connectivity index (χ4n) is 2.80. The number of anilines is 1. The van der Waals surface area contributed by atoms with Crippen molar-refractivity contribution in [3.05, 3.63) is 81.1 Å². The van der Waals surface area contributed by atoms with Gasteiger partial charge in [-0.2, -0.15) is 5.10 Å². The number of hydrogen-bond donors (Lipinski definition) is 1. The Hall–Kier alpha value is -2.40. The Balaban J connectivity index is 1.83. The molecule has 3 rings (SSSR count). The lowest BCUT2D eigenvalue weighted by Gasteiger charge is -2.09. The molecule has 0 atom stereocenters. The molecule has 0 saturated heterocycles. The minimum absolute atomic E-state index is 0.104. The van der Waals surface area contributed by atoms with Gasteiger partial charge in [0.1, 0.15) is 0 Å². The number of carbonyl (C=O) groups excluding carboxylic acids is 1. The molecule has 25 heavy (non-hydrogen) atoms. The second-order valence-electron chi connectivity index (χ2n) is 6.10. The lowest BCUT2D eigenvalue weighted by molar-refractivity contribution is 0.102. The number of carbonyl (C=O) groups is 1. The number of halogens is 1. The molecule has 0 aliphatic heterocycles. The fraction of sp³-hybridized carbons (Fsp3) is 0.200. The molecule has 1 aromatic heterocycles. The molecule has 4 nitrogen and oxygen atoms in total. The first kappa shape index (κ1) is 17.4. The molecule has 2 aromatic carbocycles. The topological polar surface area (TPSA) is 46.9 Å². The van der Waals surface area contributed by atoms with Gasteiger partial charge in [-0.25, -0.2) is 0 Å². The molecule has 0 aliphatic carbocycles. The van der Waals surface area contributed by atoms with Crippen LogP contribution >= 0.6 is 15.9 Å². The van der Waals surface area contributed by atoms with Crippen LogP contribution in [0, 0.1) is 20.8 Å². The third-order valence-corrected chi connectivity index (χ3v) is 4.78. The monoisotopic (exact) mass is 397 g/mol. The Bertz CT molecular complexity index is 913. The van der Waals surface area contributed by atoms with Gasteiger partial charge in [0.15, 0.2) is 0 Å². The van der Waals surface area contributed by atoms with Crippen LogP contribution in [0.1, 0.15) is 32.9 Å². The summed E-state index contributed by atoms with van der Waals surface area (Å²) in [6, 6.07) is 15.7. The van der Waals surface area contributed by atoms with Crippen molar-refractivity contribution in [1.82, 2.24) is 9.78 Å². The first-order valence-electron chi connectivity index (χ1n) is 8.11. The molecular weight excluding hydrogens is 378 g/mol. The van der Waals surface area contributed by atoms with Crippen LogP contribution in [0.2, 0.25) is 0 Å². The van der Waals surface area contributed by atoms with E-state index in [0.29, 0.717) is 12.1 Å². The third kappa shape index (κ3) is 3.82. The molecule has 1 N–H and O–H groups in total. The zero-order valence-corrected chi connectivity index (χ0v) is 16.1. The van der Waals surface area contributed by atoms with Crippen molar-refractivity contribution in [3.63, 3.8) is 0 Å². The highest BCUT2D eigenvalue weighted by molar-refractivity contribution is 9.10. The van der Waals surface area contributed by atoms with E-state index in [9.17, 15) is 4.79 Å². The van der Waals surface area contributed by atoms with Gasteiger partial charge >= 0.3 is 0 Å². The minimum Gasteiger partial charge on any atom is -0.319 e. The zero-order chi connectivity index (χ0) is 18.0. The fourth-order valence-corrected chi connectivity index (χ4v) is 3.07. The average molecular weight is 398 g/mol. The van der Waals surface area contributed by atoms with Gasteiger partial charge in [0, 0.05) is 10.0 Å². The Labute approximate surface area is 156 Å². The van der Waals surface area contributed by atoms with Crippen LogP contribution in [0.5, 0.6) is 0 Å². The quantitative estimate of drug-likeness (QED) is 0.682. The van der Waals surface area contributed by atoms with E-state index in [-0.39, 0.29) is 5.91 Å². The normalized spacial score (nSPS) is 10.7. The highest BCUT2D eigenvalue weighted by Gasteiger charge is 2.16. The molecule has 0 aliphatic rings. The third-order valence-electron chi connectivity index (χ3n) is 4.26. The standard InChI is InChI=1S/C20H20BrN3O/c1-13-6-4-5-7-18(13)20(25)22-19-14(2)23-24(15(19)3)12-16-8-10-17(21)11-9-16/h4-11H,12H2,1-3H3,(H,22,25). The van der Waals surface area contributed by atoms with E-state index in [1.54, 1.807) is 0 Å². The van der Waals surface area contributed by atoms with Crippen molar-refractivity contribution >= 4 is 27.5 Å². The summed E-state index contributed by atoms with van der Waals surface area (Å²) in [5.41, 5.74) is 5.34. The summed E-state index contributed by atoms with van der Waals surface area (Å²) in [6.07, 6.45) is 0. The summed E-state index contributed by atoms with van der Waals surface area (Å²) in [7, 11) is 0. The van der Waals surface area contributed by atoms with E-state index in [1.165, 1.54) is 0 Å². The Morgan fingerprint density at radius 3 is 2.44 bits per heavy atom. The van der Waals surface area contributed by atoms with Crippen LogP contribution < -0.4 is 5.32 Å². The van der Waals surface area contributed by atoms with Crippen LogP contribution in [0.25, 0.3) is 0 Å². The minimum atomic E-state index is -0.104. The van der Waals surface area contributed by atoms with Crippen molar-refractivity contribution < 1.29 is 4.79 Å². The first-order valence-corrected chi connectivity index (χ1v) is 8.90. The van der Waals surface area contributed by atoms with Gasteiger partial charge in [-0.15, -0.1) is 0 Å². The predicted octanol–water partition coefficient (Wildman–Crippen LogP) is 4.87. The lowest BCUT2D eigenvalue weighted by Crippen LogP contribution is -2.14. The van der Waals surface area contributed by atoms with E-state index < -0.39 is 0 Å². The van der Waals surface area contributed by atoms with Gasteiger partial charge in [0.05, 0.1) is 23.6 Å². The molecule has 5 heteroatoms. The second kappa shape index (κ2) is 7.23. The molecule has 0 bridgehead atoms. The number of benzene rings is 2. The lowest BCUT2D eigenvalue weighted by atomic mass is 10.1. The molecule has 0 unspecified atom stereocenters. The van der Waals surface area contributed by atoms with Gasteiger partial charge in [-0.3, -0.25) is 9.48 Å². The van der Waals surface area contributed by atoms with Crippen molar-refractivity contribution in [2.45, 2.75) is 27.3 Å². The van der Waals surface area contributed by atoms with Crippen LogP contribution in [0.15, 0.2) is 53.0 Å². The molecule has 1 amide bonds. The number of hydrogen-bond acceptors (Lipinski definition) is 2. The maximum Gasteiger partial charge on any atom is 0.256 e. The number of nitrogens with zero attached hydrogens (tertiary/aromatic N) is 2. The van der Waals surface area contributed by atoms with Gasteiger partial charge in [-0.05, 0) is 50.1 Å². The van der Waals surface area contributed by atoms with E-state index in [2.05, 4.69) is 38.5 Å². The van der Waals surface area contributed by atoms with E-state index in [0.717, 1.165) is 32.7 Å². The second-order valence-corrected chi connectivity index (χ2v) is 7.01. The van der Waals surface area contributed by atoms with E-state index >= 15 is 0 Å². The summed E-state index contributed by atoms with van der Waals surface area (Å²) < 4.78 is 2.97. The van der Waals surface area contributed by atoms with Gasteiger partial charge in [0.2, 0.25) is 0 Å². The summed E-state index contributed by atoms with van der Waals surface area (Å²) in [4.78, 5) is 12.6. The van der Waals surface area contributed by atoms with E-state index in [1.807, 2.05) is 61.9 Å². The number of nitrogens with one attached hydrogen (secondary N) is 1. The highest BCUT2D eigenvalue weighted by atomic mass is 79.9. The number of aromatic nitrogens is 2. The summed E-state index contributed by atoms with van der Waals surface area (Å²) in [6.45, 7) is 6.50. The van der Waals surface area contributed by atoms with Gasteiger partial charge < -0.3 is 5.32 Å². The van der Waals surface area contributed by atoms with Crippen LogP contribution in [0.3, 0.4) is 0 Å². The molecule has 1 heterocycles. The predicted molar refractivity (Wildman–Crippen MR) is 104 cm³/mol.